The van der Waals surface area contributed by atoms with E-state index in [0.29, 0.717) is 10.8 Å². The van der Waals surface area contributed by atoms with Gasteiger partial charge in [0.1, 0.15) is 0 Å². The fraction of sp³-hybridized carbons (Fsp3) is 0.364. The Bertz CT molecular complexity index is 411. The van der Waals surface area contributed by atoms with Gasteiger partial charge in [-0.1, -0.05) is 53.0 Å². The highest BCUT2D eigenvalue weighted by Crippen LogP contribution is 2.33. The van der Waals surface area contributed by atoms with E-state index in [2.05, 4.69) is 10.1 Å². The number of para-hydroxylation sites is 1. The summed E-state index contributed by atoms with van der Waals surface area (Å²) in [5.41, 5.74) is 0.357. The van der Waals surface area contributed by atoms with Gasteiger partial charge < -0.3 is 4.74 Å². The monoisotopic (exact) mass is 326 g/mol. The number of carbonyl (C=O) groups excluding carboxylic acids is 1. The Balaban J connectivity index is 2.89. The molecule has 1 amide bonds. The van der Waals surface area contributed by atoms with E-state index in [9.17, 15) is 10.0 Å². The summed E-state index contributed by atoms with van der Waals surface area (Å²) in [7, 11) is 0. The van der Waals surface area contributed by atoms with Gasteiger partial charge in [-0.05, 0) is 19.1 Å². The van der Waals surface area contributed by atoms with Gasteiger partial charge in [0.2, 0.25) is 3.79 Å². The van der Waals surface area contributed by atoms with Crippen LogP contribution in [0.5, 0.6) is 0 Å². The zero-order valence-corrected chi connectivity index (χ0v) is 12.3. The predicted molar refractivity (Wildman–Crippen MR) is 74.9 cm³/mol. The molecule has 8 heteroatoms. The fourth-order valence-corrected chi connectivity index (χ4v) is 1.74. The molecular formula is C11H13Cl3N2O3. The fourth-order valence-electron chi connectivity index (χ4n) is 1.30. The minimum atomic E-state index is -1.95. The van der Waals surface area contributed by atoms with Gasteiger partial charge in [-0.2, -0.15) is 0 Å². The van der Waals surface area contributed by atoms with Gasteiger partial charge >= 0.3 is 6.09 Å². The van der Waals surface area contributed by atoms with Crippen molar-refractivity contribution >= 4 is 46.6 Å². The molecule has 19 heavy (non-hydrogen) atoms. The van der Waals surface area contributed by atoms with Crippen molar-refractivity contribution in [3.05, 3.63) is 30.3 Å². The maximum Gasteiger partial charge on any atom is 0.408 e. The molecule has 5 nitrogen and oxygen atoms in total. The van der Waals surface area contributed by atoms with E-state index >= 15 is 0 Å². The number of alkyl carbamates (subject to hydrolysis) is 1. The molecule has 0 saturated heterocycles. The van der Waals surface area contributed by atoms with Gasteiger partial charge in [0.15, 0.2) is 6.17 Å². The predicted octanol–water partition coefficient (Wildman–Crippen LogP) is 3.32. The van der Waals surface area contributed by atoms with E-state index in [1.54, 1.807) is 37.3 Å². The van der Waals surface area contributed by atoms with Crippen LogP contribution >= 0.6 is 34.8 Å². The normalized spacial score (nSPS) is 12.7. The summed E-state index contributed by atoms with van der Waals surface area (Å²) in [6.07, 6.45) is -2.09. The Morgan fingerprint density at radius 1 is 1.42 bits per heavy atom. The first-order valence-corrected chi connectivity index (χ1v) is 6.52. The van der Waals surface area contributed by atoms with Gasteiger partial charge in [0.25, 0.3) is 0 Å². The van der Waals surface area contributed by atoms with Crippen LogP contribution in [0.3, 0.4) is 0 Å². The molecule has 0 bridgehead atoms. The van der Waals surface area contributed by atoms with Crippen molar-refractivity contribution in [2.24, 2.45) is 0 Å². The van der Waals surface area contributed by atoms with Crippen molar-refractivity contribution in [1.82, 2.24) is 5.32 Å². The lowest BCUT2D eigenvalue weighted by atomic mass is 10.3. The standard InChI is InChI=1S/C11H13Cl3N2O3/c1-2-19-10(17)15-9(11(12,13)14)16(18)8-6-4-3-5-7-8/h3-7,9,18H,2H2,1H3,(H,15,17)/t9-/m0/s1. The third-order valence-corrected chi connectivity index (χ3v) is 2.73. The average molecular weight is 328 g/mol. The van der Waals surface area contributed by atoms with Gasteiger partial charge in [0, 0.05) is 0 Å². The lowest BCUT2D eigenvalue weighted by molar-refractivity contribution is 0.134. The van der Waals surface area contributed by atoms with Gasteiger partial charge in [-0.25, -0.2) is 9.86 Å². The molecule has 0 aliphatic heterocycles. The summed E-state index contributed by atoms with van der Waals surface area (Å²) in [6.45, 7) is 1.80. The summed E-state index contributed by atoms with van der Waals surface area (Å²) < 4.78 is 2.74. The molecule has 0 fully saturated rings. The molecule has 0 aliphatic rings. The van der Waals surface area contributed by atoms with E-state index < -0.39 is 16.1 Å². The Morgan fingerprint density at radius 3 is 2.47 bits per heavy atom. The number of anilines is 1. The van der Waals surface area contributed by atoms with Crippen LogP contribution in [0.4, 0.5) is 10.5 Å². The van der Waals surface area contributed by atoms with Crippen LogP contribution in [0.1, 0.15) is 6.92 Å². The maximum atomic E-state index is 11.4. The number of ether oxygens (including phenoxy) is 1. The van der Waals surface area contributed by atoms with Crippen molar-refractivity contribution in [1.29, 1.82) is 0 Å². The number of amides is 1. The first-order valence-electron chi connectivity index (χ1n) is 5.39. The number of halogens is 3. The van der Waals surface area contributed by atoms with Crippen molar-refractivity contribution in [3.63, 3.8) is 0 Å². The zero-order chi connectivity index (χ0) is 14.5. The number of carbonyl (C=O) groups is 1. The lowest BCUT2D eigenvalue weighted by Crippen LogP contribution is -2.54. The second-order valence-corrected chi connectivity index (χ2v) is 5.86. The number of hydrogen-bond acceptors (Lipinski definition) is 4. The molecule has 0 unspecified atom stereocenters. The molecule has 1 aromatic carbocycles. The second kappa shape index (κ2) is 7.05. The molecule has 1 aromatic rings. The molecule has 0 radical (unpaired) electrons. The Kier molecular flexibility index (Phi) is 6.00. The van der Waals surface area contributed by atoms with Crippen LogP contribution in [0.2, 0.25) is 0 Å². The number of benzene rings is 1. The van der Waals surface area contributed by atoms with Crippen molar-refractivity contribution in [2.75, 3.05) is 11.7 Å². The van der Waals surface area contributed by atoms with Crippen LogP contribution in [0.25, 0.3) is 0 Å². The highest BCUT2D eigenvalue weighted by molar-refractivity contribution is 6.68. The van der Waals surface area contributed by atoms with Crippen molar-refractivity contribution < 1.29 is 14.7 Å². The molecule has 0 saturated carbocycles. The third kappa shape index (κ3) is 4.95. The smallest absolute Gasteiger partial charge is 0.408 e. The number of nitrogens with one attached hydrogen (secondary N) is 1. The summed E-state index contributed by atoms with van der Waals surface area (Å²) in [5.74, 6) is 0. The molecule has 0 aliphatic carbocycles. The molecule has 106 valence electrons. The quantitative estimate of drug-likeness (QED) is 0.506. The number of nitrogens with zero attached hydrogens (tertiary/aromatic N) is 1. The van der Waals surface area contributed by atoms with Gasteiger partial charge in [0.05, 0.1) is 12.3 Å². The van der Waals surface area contributed by atoms with Crippen LogP contribution < -0.4 is 10.4 Å². The van der Waals surface area contributed by atoms with Crippen LogP contribution in [-0.2, 0) is 4.74 Å². The Labute approximate surface area is 125 Å². The minimum absolute atomic E-state index is 0.162. The van der Waals surface area contributed by atoms with Crippen LogP contribution in [0, 0.1) is 0 Å². The molecule has 0 heterocycles. The SMILES string of the molecule is CCOC(=O)N[C@@H](N(O)c1ccccc1)C(Cl)(Cl)Cl. The minimum Gasteiger partial charge on any atom is -0.450 e. The molecule has 2 N–H and O–H groups in total. The average Bonchev–Trinajstić information content (AvgIpc) is 2.35. The van der Waals surface area contributed by atoms with Crippen LogP contribution in [-0.4, -0.2) is 27.9 Å². The molecule has 1 rings (SSSR count). The van der Waals surface area contributed by atoms with Crippen molar-refractivity contribution in [3.8, 4) is 0 Å². The van der Waals surface area contributed by atoms with E-state index in [1.807, 2.05) is 0 Å². The lowest BCUT2D eigenvalue weighted by Gasteiger charge is -2.32. The molecule has 1 atom stereocenters. The number of alkyl halides is 3. The van der Waals surface area contributed by atoms with E-state index in [0.717, 1.165) is 0 Å². The number of hydrogen-bond donors (Lipinski definition) is 2. The van der Waals surface area contributed by atoms with E-state index in [-0.39, 0.29) is 6.61 Å². The van der Waals surface area contributed by atoms with Crippen molar-refractivity contribution in [2.45, 2.75) is 16.9 Å². The highest BCUT2D eigenvalue weighted by Gasteiger charge is 2.39. The third-order valence-electron chi connectivity index (χ3n) is 2.11. The maximum absolute atomic E-state index is 11.4. The van der Waals surface area contributed by atoms with E-state index in [4.69, 9.17) is 34.8 Å². The largest absolute Gasteiger partial charge is 0.450 e. The zero-order valence-electron chi connectivity index (χ0n) is 10.0. The second-order valence-electron chi connectivity index (χ2n) is 3.49. The Hall–Kier alpha value is -0.880. The molecule has 0 spiro atoms. The van der Waals surface area contributed by atoms with Crippen LogP contribution in [0.15, 0.2) is 30.3 Å². The number of hydroxylamine groups is 1. The van der Waals surface area contributed by atoms with Gasteiger partial charge in [-0.3, -0.25) is 10.5 Å². The van der Waals surface area contributed by atoms with Gasteiger partial charge in [-0.15, -0.1) is 0 Å². The van der Waals surface area contributed by atoms with E-state index in [1.165, 1.54) is 0 Å². The molecule has 0 aromatic heterocycles. The first kappa shape index (κ1) is 16.2. The highest BCUT2D eigenvalue weighted by atomic mass is 35.6. The summed E-state index contributed by atoms with van der Waals surface area (Å²) in [6, 6.07) is 8.34. The summed E-state index contributed by atoms with van der Waals surface area (Å²) >= 11 is 17.2. The summed E-state index contributed by atoms with van der Waals surface area (Å²) in [5, 5.41) is 13.0. The Morgan fingerprint density at radius 2 is 2.00 bits per heavy atom. The topological polar surface area (TPSA) is 61.8 Å². The number of rotatable bonds is 4. The summed E-state index contributed by atoms with van der Waals surface area (Å²) in [4.78, 5) is 11.4. The first-order chi connectivity index (χ1) is 8.86. The molecular weight excluding hydrogens is 314 g/mol.